The van der Waals surface area contributed by atoms with Gasteiger partial charge in [0.05, 0.1) is 12.6 Å². The van der Waals surface area contributed by atoms with Crippen molar-refractivity contribution in [1.29, 1.82) is 0 Å². The van der Waals surface area contributed by atoms with Crippen molar-refractivity contribution in [3.8, 4) is 11.3 Å². The first-order valence-corrected chi connectivity index (χ1v) is 5.15. The second kappa shape index (κ2) is 4.80. The normalized spacial score (nSPS) is 12.3. The number of aromatic nitrogens is 1. The average Bonchev–Trinajstić information content (AvgIpc) is 2.78. The zero-order valence-electron chi connectivity index (χ0n) is 9.04. The van der Waals surface area contributed by atoms with Crippen LogP contribution in [0.5, 0.6) is 0 Å². The van der Waals surface area contributed by atoms with Gasteiger partial charge in [0, 0.05) is 5.56 Å². The van der Waals surface area contributed by atoms with Gasteiger partial charge < -0.3 is 15.3 Å². The van der Waals surface area contributed by atoms with Gasteiger partial charge in [-0.15, -0.1) is 0 Å². The van der Waals surface area contributed by atoms with Crippen LogP contribution < -0.4 is 5.73 Å². The highest BCUT2D eigenvalue weighted by molar-refractivity contribution is 5.73. The van der Waals surface area contributed by atoms with Crippen molar-refractivity contribution in [3.63, 3.8) is 0 Å². The number of carboxylic acid groups (broad SMARTS) is 1. The van der Waals surface area contributed by atoms with Crippen molar-refractivity contribution in [3.05, 3.63) is 42.4 Å². The summed E-state index contributed by atoms with van der Waals surface area (Å²) in [5, 5.41) is 8.67. The lowest BCUT2D eigenvalue weighted by Crippen LogP contribution is -2.32. The van der Waals surface area contributed by atoms with E-state index in [1.54, 1.807) is 6.20 Å². The molecule has 1 atom stereocenters. The molecule has 1 aromatic carbocycles. The van der Waals surface area contributed by atoms with Crippen LogP contribution in [0.15, 0.2) is 40.9 Å². The van der Waals surface area contributed by atoms with E-state index in [0.717, 1.165) is 5.56 Å². The number of hydrogen-bond acceptors (Lipinski definition) is 4. The number of nitrogens with two attached hydrogens (primary N) is 1. The Labute approximate surface area is 97.9 Å². The van der Waals surface area contributed by atoms with Gasteiger partial charge in [0.2, 0.25) is 0 Å². The van der Waals surface area contributed by atoms with Crippen LogP contribution in [0.1, 0.15) is 5.89 Å². The maximum atomic E-state index is 10.6. The van der Waals surface area contributed by atoms with Gasteiger partial charge in [-0.1, -0.05) is 30.3 Å². The van der Waals surface area contributed by atoms with E-state index in [1.165, 1.54) is 0 Å². The molecule has 0 aliphatic carbocycles. The second-order valence-electron chi connectivity index (χ2n) is 3.63. The Morgan fingerprint density at radius 1 is 1.41 bits per heavy atom. The summed E-state index contributed by atoms with van der Waals surface area (Å²) >= 11 is 0. The third-order valence-corrected chi connectivity index (χ3v) is 2.32. The molecule has 0 aliphatic rings. The number of rotatable bonds is 4. The van der Waals surface area contributed by atoms with Crippen LogP contribution in [0.2, 0.25) is 0 Å². The van der Waals surface area contributed by atoms with Gasteiger partial charge in [0.25, 0.3) is 0 Å². The second-order valence-corrected chi connectivity index (χ2v) is 3.63. The molecule has 2 aromatic rings. The number of aliphatic carboxylic acids is 1. The Balaban J connectivity index is 2.14. The molecule has 88 valence electrons. The molecule has 5 heteroatoms. The number of oxazole rings is 1. The molecule has 1 aromatic heterocycles. The lowest BCUT2D eigenvalue weighted by Gasteiger charge is -2.01. The molecule has 0 fully saturated rings. The monoisotopic (exact) mass is 232 g/mol. The minimum atomic E-state index is -1.07. The standard InChI is InChI=1S/C12H12N2O3/c13-9(12(15)16)6-11-14-7-10(17-11)8-4-2-1-3-5-8/h1-5,7,9H,6,13H2,(H,15,16)/t9-/m0/s1. The van der Waals surface area contributed by atoms with Crippen LogP contribution in [-0.2, 0) is 11.2 Å². The van der Waals surface area contributed by atoms with Crippen molar-refractivity contribution in [2.45, 2.75) is 12.5 Å². The fourth-order valence-corrected chi connectivity index (χ4v) is 1.42. The highest BCUT2D eigenvalue weighted by Crippen LogP contribution is 2.20. The molecule has 17 heavy (non-hydrogen) atoms. The third kappa shape index (κ3) is 2.70. The van der Waals surface area contributed by atoms with Gasteiger partial charge in [-0.05, 0) is 0 Å². The van der Waals surface area contributed by atoms with E-state index in [1.807, 2.05) is 30.3 Å². The molecule has 0 radical (unpaired) electrons. The van der Waals surface area contributed by atoms with E-state index in [0.29, 0.717) is 11.7 Å². The van der Waals surface area contributed by atoms with Crippen LogP contribution in [0.4, 0.5) is 0 Å². The number of hydrogen-bond donors (Lipinski definition) is 2. The van der Waals surface area contributed by atoms with Gasteiger partial charge in [-0.2, -0.15) is 0 Å². The molecule has 0 amide bonds. The predicted molar refractivity (Wildman–Crippen MR) is 61.3 cm³/mol. The van der Waals surface area contributed by atoms with Gasteiger partial charge in [-0.25, -0.2) is 4.98 Å². The van der Waals surface area contributed by atoms with Crippen molar-refractivity contribution in [2.24, 2.45) is 5.73 Å². The summed E-state index contributed by atoms with van der Waals surface area (Å²) < 4.78 is 5.44. The van der Waals surface area contributed by atoms with E-state index in [9.17, 15) is 4.79 Å². The minimum Gasteiger partial charge on any atom is -0.480 e. The highest BCUT2D eigenvalue weighted by Gasteiger charge is 2.16. The minimum absolute atomic E-state index is 0.0855. The van der Waals surface area contributed by atoms with E-state index >= 15 is 0 Å². The fourth-order valence-electron chi connectivity index (χ4n) is 1.42. The first-order chi connectivity index (χ1) is 8.16. The van der Waals surface area contributed by atoms with Crippen LogP contribution in [0.3, 0.4) is 0 Å². The Bertz CT molecular complexity index is 507. The summed E-state index contributed by atoms with van der Waals surface area (Å²) in [5.74, 6) is -0.124. The van der Waals surface area contributed by atoms with Crippen LogP contribution in [0.25, 0.3) is 11.3 Å². The number of nitrogens with zero attached hydrogens (tertiary/aromatic N) is 1. The molecular weight excluding hydrogens is 220 g/mol. The quantitative estimate of drug-likeness (QED) is 0.829. The maximum Gasteiger partial charge on any atom is 0.321 e. The Kier molecular flexibility index (Phi) is 3.20. The van der Waals surface area contributed by atoms with Gasteiger partial charge in [0.15, 0.2) is 11.7 Å². The number of carbonyl (C=O) groups is 1. The molecule has 0 saturated carbocycles. The highest BCUT2D eigenvalue weighted by atomic mass is 16.4. The third-order valence-electron chi connectivity index (χ3n) is 2.32. The smallest absolute Gasteiger partial charge is 0.321 e. The molecule has 0 aliphatic heterocycles. The lowest BCUT2D eigenvalue weighted by molar-refractivity contribution is -0.138. The summed E-state index contributed by atoms with van der Waals surface area (Å²) in [4.78, 5) is 14.6. The molecular formula is C12H12N2O3. The van der Waals surface area contributed by atoms with E-state index < -0.39 is 12.0 Å². The van der Waals surface area contributed by atoms with Crippen molar-refractivity contribution >= 4 is 5.97 Å². The Morgan fingerprint density at radius 3 is 2.76 bits per heavy atom. The number of benzene rings is 1. The Hall–Kier alpha value is -2.14. The summed E-state index contributed by atoms with van der Waals surface area (Å²) in [6, 6.07) is 8.47. The molecule has 0 unspecified atom stereocenters. The molecule has 3 N–H and O–H groups in total. The summed E-state index contributed by atoms with van der Waals surface area (Å²) in [5.41, 5.74) is 6.30. The van der Waals surface area contributed by atoms with Gasteiger partial charge in [-0.3, -0.25) is 4.79 Å². The van der Waals surface area contributed by atoms with Crippen LogP contribution in [0, 0.1) is 0 Å². The molecule has 0 spiro atoms. The molecule has 2 rings (SSSR count). The van der Waals surface area contributed by atoms with Crippen molar-refractivity contribution < 1.29 is 14.3 Å². The first kappa shape index (κ1) is 11.3. The van der Waals surface area contributed by atoms with Crippen LogP contribution >= 0.6 is 0 Å². The zero-order valence-corrected chi connectivity index (χ0v) is 9.04. The van der Waals surface area contributed by atoms with Crippen molar-refractivity contribution in [1.82, 2.24) is 4.98 Å². The maximum absolute atomic E-state index is 10.6. The van der Waals surface area contributed by atoms with Crippen LogP contribution in [-0.4, -0.2) is 22.1 Å². The molecule has 0 saturated heterocycles. The zero-order chi connectivity index (χ0) is 12.3. The summed E-state index contributed by atoms with van der Waals surface area (Å²) in [7, 11) is 0. The van der Waals surface area contributed by atoms with Crippen molar-refractivity contribution in [2.75, 3.05) is 0 Å². The van der Waals surface area contributed by atoms with Gasteiger partial charge >= 0.3 is 5.97 Å². The summed E-state index contributed by atoms with van der Waals surface area (Å²) in [6.07, 6.45) is 1.65. The fraction of sp³-hybridized carbons (Fsp3) is 0.167. The summed E-state index contributed by atoms with van der Waals surface area (Å²) in [6.45, 7) is 0. The van der Waals surface area contributed by atoms with E-state index in [-0.39, 0.29) is 6.42 Å². The molecule has 1 heterocycles. The predicted octanol–water partition coefficient (Wildman–Crippen LogP) is 1.30. The van der Waals surface area contributed by atoms with Gasteiger partial charge in [0.1, 0.15) is 6.04 Å². The largest absolute Gasteiger partial charge is 0.480 e. The van der Waals surface area contributed by atoms with E-state index in [2.05, 4.69) is 4.98 Å². The average molecular weight is 232 g/mol. The van der Waals surface area contributed by atoms with E-state index in [4.69, 9.17) is 15.3 Å². The Morgan fingerprint density at radius 2 is 2.12 bits per heavy atom. The molecule has 0 bridgehead atoms. The number of carboxylic acids is 1. The first-order valence-electron chi connectivity index (χ1n) is 5.15. The SMILES string of the molecule is N[C@@H](Cc1ncc(-c2ccccc2)o1)C(=O)O. The topological polar surface area (TPSA) is 89.4 Å². The lowest BCUT2D eigenvalue weighted by atomic mass is 10.2. The molecule has 5 nitrogen and oxygen atoms in total.